The average Bonchev–Trinajstić information content (AvgIpc) is 3.24. The van der Waals surface area contributed by atoms with Crippen LogP contribution in [0.1, 0.15) is 44.1 Å². The Morgan fingerprint density at radius 3 is 2.41 bits per heavy atom. The minimum atomic E-state index is -0.604. The van der Waals surface area contributed by atoms with Crippen LogP contribution < -0.4 is 5.73 Å². The van der Waals surface area contributed by atoms with Gasteiger partial charge in [0.2, 0.25) is 11.8 Å². The first-order valence-corrected chi connectivity index (χ1v) is 11.1. The van der Waals surface area contributed by atoms with E-state index in [1.54, 1.807) is 0 Å². The van der Waals surface area contributed by atoms with Gasteiger partial charge in [0.1, 0.15) is 0 Å². The number of benzene rings is 1. The van der Waals surface area contributed by atoms with Gasteiger partial charge in [-0.05, 0) is 56.7 Å². The lowest BCUT2D eigenvalue weighted by atomic mass is 9.72. The monoisotopic (exact) mass is 419 g/mol. The fourth-order valence-corrected chi connectivity index (χ4v) is 5.72. The van der Waals surface area contributed by atoms with Crippen LogP contribution in [0.5, 0.6) is 0 Å². The summed E-state index contributed by atoms with van der Waals surface area (Å²) in [7, 11) is 0. The average molecular weight is 420 g/mol. The Morgan fingerprint density at radius 2 is 1.76 bits per heavy atom. The fraction of sp³-hybridized carbons (Fsp3) is 0.636. The minimum Gasteiger partial charge on any atom is -0.381 e. The Hall–Kier alpha value is -1.63. The Balaban J connectivity index is 1.49. The van der Waals surface area contributed by atoms with Gasteiger partial charge in [-0.15, -0.1) is 0 Å². The number of ether oxygens (including phenoxy) is 1. The number of carbonyl (C=O) groups excluding carboxylic acids is 2. The summed E-state index contributed by atoms with van der Waals surface area (Å²) < 4.78 is 5.58. The van der Waals surface area contributed by atoms with Crippen LogP contribution >= 0.6 is 11.6 Å². The van der Waals surface area contributed by atoms with Crippen LogP contribution in [-0.4, -0.2) is 66.5 Å². The van der Waals surface area contributed by atoms with E-state index in [0.717, 1.165) is 37.8 Å². The maximum atomic E-state index is 13.8. The second-order valence-electron chi connectivity index (χ2n) is 8.50. The summed E-state index contributed by atoms with van der Waals surface area (Å²) in [5.74, 6) is -0.0545. The molecule has 0 saturated carbocycles. The van der Waals surface area contributed by atoms with E-state index in [-0.39, 0.29) is 17.9 Å². The number of likely N-dealkylation sites (tertiary alicyclic amines) is 2. The summed E-state index contributed by atoms with van der Waals surface area (Å²) in [6, 6.07) is 7.89. The molecule has 3 heterocycles. The molecule has 0 radical (unpaired) electrons. The lowest BCUT2D eigenvalue weighted by molar-refractivity contribution is -0.143. The van der Waals surface area contributed by atoms with E-state index < -0.39 is 5.41 Å². The molecule has 1 aromatic carbocycles. The summed E-state index contributed by atoms with van der Waals surface area (Å²) in [5.41, 5.74) is 5.91. The summed E-state index contributed by atoms with van der Waals surface area (Å²) in [4.78, 5) is 29.8. The summed E-state index contributed by atoms with van der Waals surface area (Å²) in [6.45, 7) is 3.48. The van der Waals surface area contributed by atoms with Gasteiger partial charge in [-0.1, -0.05) is 29.8 Å². The van der Waals surface area contributed by atoms with Crippen LogP contribution in [0.2, 0.25) is 5.02 Å². The van der Waals surface area contributed by atoms with Gasteiger partial charge in [0.15, 0.2) is 0 Å². The van der Waals surface area contributed by atoms with Gasteiger partial charge >= 0.3 is 0 Å². The molecule has 4 rings (SSSR count). The number of rotatable bonds is 4. The highest BCUT2D eigenvalue weighted by atomic mass is 35.5. The highest BCUT2D eigenvalue weighted by Gasteiger charge is 2.46. The number of piperidine rings is 1. The maximum Gasteiger partial charge on any atom is 0.234 e. The highest BCUT2D eigenvalue weighted by molar-refractivity contribution is 6.31. The van der Waals surface area contributed by atoms with Crippen LogP contribution in [0.15, 0.2) is 24.3 Å². The Bertz CT molecular complexity index is 757. The molecule has 29 heavy (non-hydrogen) atoms. The zero-order chi connectivity index (χ0) is 20.4. The van der Waals surface area contributed by atoms with Gasteiger partial charge in [-0.25, -0.2) is 0 Å². The first-order valence-electron chi connectivity index (χ1n) is 10.7. The first-order chi connectivity index (χ1) is 14.0. The van der Waals surface area contributed by atoms with Crippen molar-refractivity contribution in [2.45, 2.75) is 56.0 Å². The predicted octanol–water partition coefficient (Wildman–Crippen LogP) is 2.33. The number of nitrogens with two attached hydrogens (primary N) is 1. The molecule has 158 valence electrons. The second kappa shape index (κ2) is 8.62. The van der Waals surface area contributed by atoms with Crippen molar-refractivity contribution in [2.24, 2.45) is 5.73 Å². The number of amides is 2. The van der Waals surface area contributed by atoms with E-state index in [4.69, 9.17) is 22.1 Å². The van der Waals surface area contributed by atoms with Gasteiger partial charge < -0.3 is 15.4 Å². The third-order valence-electron chi connectivity index (χ3n) is 6.99. The molecular formula is C22H30ClN3O3. The van der Waals surface area contributed by atoms with Crippen molar-refractivity contribution in [1.29, 1.82) is 0 Å². The quantitative estimate of drug-likeness (QED) is 0.812. The predicted molar refractivity (Wildman–Crippen MR) is 112 cm³/mol. The summed E-state index contributed by atoms with van der Waals surface area (Å²) in [6.07, 6.45) is 4.94. The van der Waals surface area contributed by atoms with Crippen molar-refractivity contribution >= 4 is 23.4 Å². The first kappa shape index (κ1) is 20.6. The van der Waals surface area contributed by atoms with Gasteiger partial charge in [0, 0.05) is 37.4 Å². The normalized spacial score (nSPS) is 25.8. The molecule has 0 aromatic heterocycles. The zero-order valence-electron chi connectivity index (χ0n) is 16.8. The van der Waals surface area contributed by atoms with Crippen molar-refractivity contribution in [1.82, 2.24) is 9.80 Å². The number of primary amides is 1. The number of carbonyl (C=O) groups is 2. The molecule has 2 N–H and O–H groups in total. The molecule has 1 aromatic rings. The topological polar surface area (TPSA) is 75.9 Å². The van der Waals surface area contributed by atoms with E-state index in [2.05, 4.69) is 4.90 Å². The molecule has 0 bridgehead atoms. The van der Waals surface area contributed by atoms with Crippen LogP contribution in [0.3, 0.4) is 0 Å². The van der Waals surface area contributed by atoms with Crippen molar-refractivity contribution in [2.75, 3.05) is 32.8 Å². The van der Waals surface area contributed by atoms with Gasteiger partial charge in [-0.2, -0.15) is 0 Å². The van der Waals surface area contributed by atoms with E-state index in [1.807, 2.05) is 29.2 Å². The molecule has 7 heteroatoms. The number of halogens is 1. The third-order valence-corrected chi connectivity index (χ3v) is 7.32. The van der Waals surface area contributed by atoms with Crippen molar-refractivity contribution in [3.63, 3.8) is 0 Å². The van der Waals surface area contributed by atoms with Crippen molar-refractivity contribution < 1.29 is 14.3 Å². The van der Waals surface area contributed by atoms with E-state index in [1.165, 1.54) is 0 Å². The molecule has 1 unspecified atom stereocenters. The minimum absolute atomic E-state index is 0.146. The molecule has 1 atom stereocenters. The molecule has 0 spiro atoms. The molecular weight excluding hydrogens is 390 g/mol. The SMILES string of the molecule is NC(=O)C1CCCN1C1CCN(C(=O)C2(c3ccccc3Cl)CCOCC2)CC1. The Morgan fingerprint density at radius 1 is 1.07 bits per heavy atom. The van der Waals surface area contributed by atoms with E-state index in [9.17, 15) is 9.59 Å². The van der Waals surface area contributed by atoms with Crippen molar-refractivity contribution in [3.05, 3.63) is 34.9 Å². The van der Waals surface area contributed by atoms with Crippen LogP contribution in [0.25, 0.3) is 0 Å². The smallest absolute Gasteiger partial charge is 0.234 e. The molecule has 2 amide bonds. The molecule has 6 nitrogen and oxygen atoms in total. The van der Waals surface area contributed by atoms with E-state index in [0.29, 0.717) is 50.2 Å². The van der Waals surface area contributed by atoms with Gasteiger partial charge in [0.05, 0.1) is 11.5 Å². The lowest BCUT2D eigenvalue weighted by Crippen LogP contribution is -2.55. The van der Waals surface area contributed by atoms with E-state index >= 15 is 0 Å². The molecule has 3 fully saturated rings. The fourth-order valence-electron chi connectivity index (χ4n) is 5.40. The number of nitrogens with zero attached hydrogens (tertiary/aromatic N) is 2. The lowest BCUT2D eigenvalue weighted by Gasteiger charge is -2.44. The maximum absolute atomic E-state index is 13.8. The Labute approximate surface area is 177 Å². The largest absolute Gasteiger partial charge is 0.381 e. The van der Waals surface area contributed by atoms with Gasteiger partial charge in [0.25, 0.3) is 0 Å². The number of hydrogen-bond donors (Lipinski definition) is 1. The highest BCUT2D eigenvalue weighted by Crippen LogP contribution is 2.41. The molecule has 0 aliphatic carbocycles. The van der Waals surface area contributed by atoms with Crippen LogP contribution in [-0.2, 0) is 19.7 Å². The number of hydrogen-bond acceptors (Lipinski definition) is 4. The van der Waals surface area contributed by atoms with Crippen LogP contribution in [0.4, 0.5) is 0 Å². The standard InChI is InChI=1S/C22H30ClN3O3/c23-18-5-2-1-4-17(18)22(9-14-29-15-10-22)21(28)25-12-7-16(8-13-25)26-11-3-6-19(26)20(24)27/h1-2,4-5,16,19H,3,6-15H2,(H2,24,27). The molecule has 3 aliphatic rings. The van der Waals surface area contributed by atoms with Crippen molar-refractivity contribution in [3.8, 4) is 0 Å². The second-order valence-corrected chi connectivity index (χ2v) is 8.90. The zero-order valence-corrected chi connectivity index (χ0v) is 17.6. The molecule has 3 saturated heterocycles. The van der Waals surface area contributed by atoms with Gasteiger partial charge in [-0.3, -0.25) is 14.5 Å². The Kier molecular flexibility index (Phi) is 6.13. The summed E-state index contributed by atoms with van der Waals surface area (Å²) >= 11 is 6.52. The summed E-state index contributed by atoms with van der Waals surface area (Å²) in [5, 5.41) is 0.652. The van der Waals surface area contributed by atoms with Crippen LogP contribution in [0, 0.1) is 0 Å². The molecule has 3 aliphatic heterocycles. The third kappa shape index (κ3) is 3.90.